The zero-order valence-corrected chi connectivity index (χ0v) is 14.7. The van der Waals surface area contributed by atoms with Crippen LogP contribution in [0, 0.1) is 11.3 Å². The predicted molar refractivity (Wildman–Crippen MR) is 92.4 cm³/mol. The summed E-state index contributed by atoms with van der Waals surface area (Å²) in [5.41, 5.74) is 0.665. The standard InChI is InChI=1S/C18H22N2O2S/c1-18(2,3)22-17(21)15(12-19)16-20(10-7-11-23-16)13-14-8-5-4-6-9-14/h4-6,8-9H,7,10-11,13H2,1-3H3/b16-15+. The minimum atomic E-state index is -0.608. The maximum atomic E-state index is 12.3. The molecule has 0 radical (unpaired) electrons. The van der Waals surface area contributed by atoms with Crippen LogP contribution in [0.1, 0.15) is 32.8 Å². The van der Waals surface area contributed by atoms with Gasteiger partial charge in [-0.25, -0.2) is 4.79 Å². The Morgan fingerprint density at radius 2 is 2.04 bits per heavy atom. The van der Waals surface area contributed by atoms with E-state index in [2.05, 4.69) is 23.1 Å². The van der Waals surface area contributed by atoms with Crippen molar-refractivity contribution in [1.29, 1.82) is 5.26 Å². The first-order chi connectivity index (χ1) is 10.9. The van der Waals surface area contributed by atoms with Crippen molar-refractivity contribution in [2.75, 3.05) is 12.3 Å². The van der Waals surface area contributed by atoms with Gasteiger partial charge in [0, 0.05) is 18.8 Å². The van der Waals surface area contributed by atoms with Crippen molar-refractivity contribution in [3.63, 3.8) is 0 Å². The molecule has 0 aromatic heterocycles. The fourth-order valence-electron chi connectivity index (χ4n) is 2.31. The summed E-state index contributed by atoms with van der Waals surface area (Å²) in [7, 11) is 0. The highest BCUT2D eigenvalue weighted by atomic mass is 32.2. The van der Waals surface area contributed by atoms with Crippen LogP contribution in [-0.2, 0) is 16.1 Å². The molecule has 1 aromatic carbocycles. The van der Waals surface area contributed by atoms with Crippen LogP contribution in [0.4, 0.5) is 0 Å². The number of rotatable bonds is 3. The van der Waals surface area contributed by atoms with Crippen molar-refractivity contribution in [1.82, 2.24) is 4.90 Å². The molecule has 23 heavy (non-hydrogen) atoms. The van der Waals surface area contributed by atoms with Crippen molar-refractivity contribution in [3.05, 3.63) is 46.5 Å². The van der Waals surface area contributed by atoms with Crippen molar-refractivity contribution in [3.8, 4) is 6.07 Å². The Morgan fingerprint density at radius 3 is 2.65 bits per heavy atom. The van der Waals surface area contributed by atoms with E-state index in [0.29, 0.717) is 6.54 Å². The lowest BCUT2D eigenvalue weighted by Crippen LogP contribution is -2.31. The van der Waals surface area contributed by atoms with Crippen LogP contribution in [-0.4, -0.2) is 28.8 Å². The van der Waals surface area contributed by atoms with Gasteiger partial charge in [-0.15, -0.1) is 11.8 Å². The van der Waals surface area contributed by atoms with Crippen LogP contribution < -0.4 is 0 Å². The Kier molecular flexibility index (Phi) is 5.73. The number of carbonyl (C=O) groups is 1. The van der Waals surface area contributed by atoms with Gasteiger partial charge in [0.25, 0.3) is 0 Å². The summed E-state index contributed by atoms with van der Waals surface area (Å²) in [6.07, 6.45) is 1.04. The summed E-state index contributed by atoms with van der Waals surface area (Å²) in [6, 6.07) is 12.1. The van der Waals surface area contributed by atoms with Gasteiger partial charge in [0.05, 0.1) is 5.03 Å². The van der Waals surface area contributed by atoms with Crippen molar-refractivity contribution in [2.24, 2.45) is 0 Å². The number of hydrogen-bond donors (Lipinski definition) is 0. The van der Waals surface area contributed by atoms with E-state index in [1.165, 1.54) is 0 Å². The zero-order chi connectivity index (χ0) is 16.9. The Balaban J connectivity index is 2.27. The molecule has 2 rings (SSSR count). The van der Waals surface area contributed by atoms with Crippen molar-refractivity contribution in [2.45, 2.75) is 39.3 Å². The number of thioether (sulfide) groups is 1. The largest absolute Gasteiger partial charge is 0.456 e. The van der Waals surface area contributed by atoms with Crippen LogP contribution in [0.25, 0.3) is 0 Å². The van der Waals surface area contributed by atoms with Crippen LogP contribution >= 0.6 is 11.8 Å². The second-order valence-electron chi connectivity index (χ2n) is 6.40. The van der Waals surface area contributed by atoms with E-state index in [0.717, 1.165) is 29.3 Å². The monoisotopic (exact) mass is 330 g/mol. The van der Waals surface area contributed by atoms with Gasteiger partial charge in [-0.1, -0.05) is 30.3 Å². The van der Waals surface area contributed by atoms with Gasteiger partial charge in [0.15, 0.2) is 5.57 Å². The number of ether oxygens (including phenoxy) is 1. The average molecular weight is 330 g/mol. The van der Waals surface area contributed by atoms with Gasteiger partial charge in [-0.05, 0) is 32.8 Å². The molecular weight excluding hydrogens is 308 g/mol. The SMILES string of the molecule is CC(C)(C)OC(=O)/C(C#N)=C1/SCCCN1Cc1ccccc1. The quantitative estimate of drug-likeness (QED) is 0.480. The van der Waals surface area contributed by atoms with E-state index < -0.39 is 11.6 Å². The normalized spacial score (nSPS) is 17.4. The lowest BCUT2D eigenvalue weighted by molar-refractivity contribution is -0.149. The van der Waals surface area contributed by atoms with Crippen LogP contribution in [0.5, 0.6) is 0 Å². The molecule has 0 spiro atoms. The third kappa shape index (κ3) is 5.04. The second-order valence-corrected chi connectivity index (χ2v) is 7.49. The van der Waals surface area contributed by atoms with Gasteiger partial charge in [0.1, 0.15) is 11.7 Å². The molecule has 1 saturated heterocycles. The Bertz CT molecular complexity index is 627. The molecule has 0 amide bonds. The highest BCUT2D eigenvalue weighted by Crippen LogP contribution is 2.32. The molecule has 0 aliphatic carbocycles. The van der Waals surface area contributed by atoms with Crippen molar-refractivity contribution >= 4 is 17.7 Å². The number of nitrogens with zero attached hydrogens (tertiary/aromatic N) is 2. The molecule has 1 fully saturated rings. The predicted octanol–water partition coefficient (Wildman–Crippen LogP) is 3.70. The smallest absolute Gasteiger partial charge is 0.352 e. The van der Waals surface area contributed by atoms with E-state index >= 15 is 0 Å². The topological polar surface area (TPSA) is 53.3 Å². The molecule has 4 nitrogen and oxygen atoms in total. The van der Waals surface area contributed by atoms with Crippen LogP contribution in [0.15, 0.2) is 40.9 Å². The molecule has 5 heteroatoms. The third-order valence-electron chi connectivity index (χ3n) is 3.24. The molecule has 0 unspecified atom stereocenters. The molecule has 122 valence electrons. The molecule has 0 N–H and O–H groups in total. The number of nitriles is 1. The van der Waals surface area contributed by atoms with Gasteiger partial charge in [-0.3, -0.25) is 0 Å². The Labute approximate surface area is 142 Å². The summed E-state index contributed by atoms with van der Waals surface area (Å²) in [5, 5.41) is 10.2. The van der Waals surface area contributed by atoms with Gasteiger partial charge in [-0.2, -0.15) is 5.26 Å². The highest BCUT2D eigenvalue weighted by molar-refractivity contribution is 8.03. The minimum absolute atomic E-state index is 0.112. The van der Waals surface area contributed by atoms with E-state index in [-0.39, 0.29) is 5.57 Å². The van der Waals surface area contributed by atoms with E-state index in [9.17, 15) is 10.1 Å². The fraction of sp³-hybridized carbons (Fsp3) is 0.444. The summed E-state index contributed by atoms with van der Waals surface area (Å²) < 4.78 is 5.38. The molecule has 1 aromatic rings. The van der Waals surface area contributed by atoms with E-state index in [4.69, 9.17) is 4.74 Å². The lowest BCUT2D eigenvalue weighted by Gasteiger charge is -2.32. The molecule has 1 aliphatic rings. The van der Waals surface area contributed by atoms with Gasteiger partial charge in [0.2, 0.25) is 0 Å². The summed E-state index contributed by atoms with van der Waals surface area (Å²) in [6.45, 7) is 6.95. The number of benzene rings is 1. The highest BCUT2D eigenvalue weighted by Gasteiger charge is 2.27. The zero-order valence-electron chi connectivity index (χ0n) is 13.8. The third-order valence-corrected chi connectivity index (χ3v) is 4.47. The molecule has 1 aliphatic heterocycles. The summed E-state index contributed by atoms with van der Waals surface area (Å²) in [4.78, 5) is 14.4. The fourth-order valence-corrected chi connectivity index (χ4v) is 3.39. The molecule has 1 heterocycles. The summed E-state index contributed by atoms with van der Waals surface area (Å²) in [5.74, 6) is 0.372. The minimum Gasteiger partial charge on any atom is -0.456 e. The first kappa shape index (κ1) is 17.4. The Morgan fingerprint density at radius 1 is 1.35 bits per heavy atom. The molecule has 0 bridgehead atoms. The number of esters is 1. The number of carbonyl (C=O) groups excluding carboxylic acids is 1. The lowest BCUT2D eigenvalue weighted by atomic mass is 10.2. The number of hydrogen-bond acceptors (Lipinski definition) is 5. The molecule has 0 atom stereocenters. The summed E-state index contributed by atoms with van der Waals surface area (Å²) >= 11 is 1.56. The Hall–Kier alpha value is -1.93. The van der Waals surface area contributed by atoms with Crippen LogP contribution in [0.3, 0.4) is 0 Å². The first-order valence-electron chi connectivity index (χ1n) is 7.70. The maximum Gasteiger partial charge on any atom is 0.352 e. The maximum absolute atomic E-state index is 12.3. The molecular formula is C18H22N2O2S. The van der Waals surface area contributed by atoms with Crippen molar-refractivity contribution < 1.29 is 9.53 Å². The van der Waals surface area contributed by atoms with E-state index in [1.807, 2.05) is 18.2 Å². The second kappa shape index (κ2) is 7.56. The van der Waals surface area contributed by atoms with Gasteiger partial charge >= 0.3 is 5.97 Å². The van der Waals surface area contributed by atoms with Gasteiger partial charge < -0.3 is 9.64 Å². The molecule has 0 saturated carbocycles. The van der Waals surface area contributed by atoms with Crippen LogP contribution in [0.2, 0.25) is 0 Å². The average Bonchev–Trinajstić information content (AvgIpc) is 2.49. The van der Waals surface area contributed by atoms with E-state index in [1.54, 1.807) is 32.5 Å². The first-order valence-corrected chi connectivity index (χ1v) is 8.68.